The van der Waals surface area contributed by atoms with E-state index >= 15 is 0 Å². The second-order valence-corrected chi connectivity index (χ2v) is 14.1. The minimum absolute atomic E-state index is 0.559. The Morgan fingerprint density at radius 3 is 1.25 bits per heavy atom. The molecule has 0 saturated carbocycles. The van der Waals surface area contributed by atoms with Gasteiger partial charge in [-0.3, -0.25) is 0 Å². The van der Waals surface area contributed by atoms with Gasteiger partial charge >= 0.3 is 0 Å². The molecule has 1 aromatic heterocycles. The summed E-state index contributed by atoms with van der Waals surface area (Å²) in [6, 6.07) is 76.8. The van der Waals surface area contributed by atoms with Crippen LogP contribution in [-0.2, 0) is 5.41 Å². The van der Waals surface area contributed by atoms with Crippen molar-refractivity contribution in [3.8, 4) is 67.7 Å². The van der Waals surface area contributed by atoms with Crippen molar-refractivity contribution in [2.24, 2.45) is 0 Å². The molecule has 1 aliphatic rings. The highest BCUT2D eigenvalue weighted by Gasteiger charge is 2.45. The van der Waals surface area contributed by atoms with Crippen molar-refractivity contribution in [1.82, 2.24) is 9.97 Å². The van der Waals surface area contributed by atoms with Gasteiger partial charge in [-0.05, 0) is 57.6 Å². The lowest BCUT2D eigenvalue weighted by atomic mass is 9.63. The van der Waals surface area contributed by atoms with Crippen LogP contribution < -0.4 is 4.74 Å². The van der Waals surface area contributed by atoms with Crippen LogP contribution in [0.2, 0.25) is 0 Å². The summed E-state index contributed by atoms with van der Waals surface area (Å²) < 4.78 is 6.52. The van der Waals surface area contributed by atoms with Crippen LogP contribution in [0.3, 0.4) is 0 Å². The van der Waals surface area contributed by atoms with E-state index in [9.17, 15) is 0 Å². The smallest absolute Gasteiger partial charge is 0.160 e. The van der Waals surface area contributed by atoms with Crippen molar-refractivity contribution in [2.45, 2.75) is 5.41 Å². The summed E-state index contributed by atoms with van der Waals surface area (Å²) in [4.78, 5) is 10.0. The van der Waals surface area contributed by atoms with Gasteiger partial charge in [-0.25, -0.2) is 9.97 Å². The van der Waals surface area contributed by atoms with Gasteiger partial charge in [0.25, 0.3) is 0 Å². The molecule has 0 saturated heterocycles. The molecule has 10 rings (SSSR count). The van der Waals surface area contributed by atoms with E-state index in [2.05, 4.69) is 170 Å². The molecule has 56 heavy (non-hydrogen) atoms. The van der Waals surface area contributed by atoms with Gasteiger partial charge in [-0.1, -0.05) is 194 Å². The van der Waals surface area contributed by atoms with E-state index in [1.165, 1.54) is 11.1 Å². The van der Waals surface area contributed by atoms with Crippen molar-refractivity contribution >= 4 is 0 Å². The maximum Gasteiger partial charge on any atom is 0.160 e. The fourth-order valence-corrected chi connectivity index (χ4v) is 8.16. The Morgan fingerprint density at radius 1 is 0.304 bits per heavy atom. The topological polar surface area (TPSA) is 35.0 Å². The third kappa shape index (κ3) is 5.87. The van der Waals surface area contributed by atoms with E-state index in [0.29, 0.717) is 5.82 Å². The maximum atomic E-state index is 6.52. The SMILES string of the molecule is c1ccc(-c2cc(-c3ccccc3)nc(-c3ccc(-c4ccc(-c5cccc(C6(c7ccccc7)c7ccccc7Oc7ccccc76)c5)cc4)cc3)n2)cc1. The molecule has 264 valence electrons. The van der Waals surface area contributed by atoms with Crippen molar-refractivity contribution in [2.75, 3.05) is 0 Å². The van der Waals surface area contributed by atoms with Gasteiger partial charge in [0.05, 0.1) is 16.8 Å². The number of benzene rings is 8. The molecule has 1 aliphatic heterocycles. The van der Waals surface area contributed by atoms with Gasteiger partial charge < -0.3 is 4.74 Å². The molecule has 3 heteroatoms. The minimum Gasteiger partial charge on any atom is -0.457 e. The zero-order chi connectivity index (χ0) is 37.3. The van der Waals surface area contributed by atoms with Crippen molar-refractivity contribution in [1.29, 1.82) is 0 Å². The van der Waals surface area contributed by atoms with Crippen LogP contribution in [-0.4, -0.2) is 9.97 Å². The highest BCUT2D eigenvalue weighted by molar-refractivity contribution is 5.76. The zero-order valence-corrected chi connectivity index (χ0v) is 30.6. The molecule has 9 aromatic rings. The summed E-state index contributed by atoms with van der Waals surface area (Å²) in [7, 11) is 0. The fraction of sp³-hybridized carbons (Fsp3) is 0.0189. The number of fused-ring (bicyclic) bond motifs is 2. The summed E-state index contributed by atoms with van der Waals surface area (Å²) in [6.45, 7) is 0. The second kappa shape index (κ2) is 14.1. The standard InChI is InChI=1S/C53H36N2O/c1-4-15-40(16-5-1)48-36-49(41-17-6-2-7-18-41)55-52(54-48)42-33-31-38(32-34-42)37-27-29-39(30-28-37)43-19-14-22-45(35-43)53(44-20-8-3-9-21-44)46-23-10-12-25-50(46)56-51-26-13-11-24-47(51)53/h1-36H. The Kier molecular flexibility index (Phi) is 8.38. The highest BCUT2D eigenvalue weighted by Crippen LogP contribution is 2.55. The molecule has 0 amide bonds. The number of para-hydroxylation sites is 2. The quantitative estimate of drug-likeness (QED) is 0.165. The molecule has 0 atom stereocenters. The predicted octanol–water partition coefficient (Wildman–Crippen LogP) is 13.3. The Balaban J connectivity index is 0.996. The lowest BCUT2D eigenvalue weighted by molar-refractivity contribution is 0.434. The van der Waals surface area contributed by atoms with Crippen LogP contribution >= 0.6 is 0 Å². The van der Waals surface area contributed by atoms with Crippen LogP contribution in [0.1, 0.15) is 22.3 Å². The third-order valence-corrected chi connectivity index (χ3v) is 10.9. The first-order valence-electron chi connectivity index (χ1n) is 19.0. The normalized spacial score (nSPS) is 12.6. The molecule has 2 heterocycles. The van der Waals surface area contributed by atoms with Gasteiger partial charge in [0, 0.05) is 27.8 Å². The summed E-state index contributed by atoms with van der Waals surface area (Å²) in [5, 5.41) is 0. The Labute approximate surface area is 327 Å². The van der Waals surface area contributed by atoms with Crippen LogP contribution in [0.25, 0.3) is 56.2 Å². The Hall–Kier alpha value is -7.36. The van der Waals surface area contributed by atoms with Gasteiger partial charge in [0.1, 0.15) is 11.5 Å². The third-order valence-electron chi connectivity index (χ3n) is 10.9. The first kappa shape index (κ1) is 33.2. The highest BCUT2D eigenvalue weighted by atomic mass is 16.5. The van der Waals surface area contributed by atoms with Crippen LogP contribution in [0.15, 0.2) is 218 Å². The number of aromatic nitrogens is 2. The summed E-state index contributed by atoms with van der Waals surface area (Å²) in [6.07, 6.45) is 0. The average molecular weight is 717 g/mol. The van der Waals surface area contributed by atoms with Crippen molar-refractivity contribution < 1.29 is 4.74 Å². The monoisotopic (exact) mass is 716 g/mol. The van der Waals surface area contributed by atoms with Crippen molar-refractivity contribution in [3.05, 3.63) is 241 Å². The number of hydrogen-bond donors (Lipinski definition) is 0. The van der Waals surface area contributed by atoms with Gasteiger partial charge in [0.15, 0.2) is 5.82 Å². The first-order chi connectivity index (χ1) is 27.7. The molecule has 0 radical (unpaired) electrons. The summed E-state index contributed by atoms with van der Waals surface area (Å²) >= 11 is 0. The molecule has 0 spiro atoms. The number of ether oxygens (including phenoxy) is 1. The van der Waals surface area contributed by atoms with Crippen LogP contribution in [0.4, 0.5) is 0 Å². The van der Waals surface area contributed by atoms with E-state index in [4.69, 9.17) is 14.7 Å². The van der Waals surface area contributed by atoms with E-state index < -0.39 is 5.41 Å². The Morgan fingerprint density at radius 2 is 0.714 bits per heavy atom. The van der Waals surface area contributed by atoms with E-state index in [1.807, 2.05) is 48.5 Å². The molecule has 0 N–H and O–H groups in total. The molecule has 0 bridgehead atoms. The van der Waals surface area contributed by atoms with Gasteiger partial charge in [-0.2, -0.15) is 0 Å². The van der Waals surface area contributed by atoms with Crippen LogP contribution in [0, 0.1) is 0 Å². The number of nitrogens with zero attached hydrogens (tertiary/aromatic N) is 2. The molecular weight excluding hydrogens is 681 g/mol. The number of hydrogen-bond acceptors (Lipinski definition) is 3. The number of rotatable bonds is 7. The summed E-state index contributed by atoms with van der Waals surface area (Å²) in [5.41, 5.74) is 13.6. The molecule has 0 aliphatic carbocycles. The molecular formula is C53H36N2O. The summed E-state index contributed by atoms with van der Waals surface area (Å²) in [5.74, 6) is 2.46. The largest absolute Gasteiger partial charge is 0.457 e. The second-order valence-electron chi connectivity index (χ2n) is 14.1. The predicted molar refractivity (Wildman–Crippen MR) is 228 cm³/mol. The average Bonchev–Trinajstić information content (AvgIpc) is 3.29. The fourth-order valence-electron chi connectivity index (χ4n) is 8.16. The first-order valence-corrected chi connectivity index (χ1v) is 19.0. The molecule has 0 fully saturated rings. The maximum absolute atomic E-state index is 6.52. The van der Waals surface area contributed by atoms with E-state index in [0.717, 1.165) is 73.0 Å². The molecule has 8 aromatic carbocycles. The van der Waals surface area contributed by atoms with E-state index in [1.54, 1.807) is 0 Å². The van der Waals surface area contributed by atoms with E-state index in [-0.39, 0.29) is 0 Å². The zero-order valence-electron chi connectivity index (χ0n) is 30.6. The van der Waals surface area contributed by atoms with Crippen molar-refractivity contribution in [3.63, 3.8) is 0 Å². The van der Waals surface area contributed by atoms with Gasteiger partial charge in [-0.15, -0.1) is 0 Å². The molecule has 3 nitrogen and oxygen atoms in total. The minimum atomic E-state index is -0.559. The van der Waals surface area contributed by atoms with Gasteiger partial charge in [0.2, 0.25) is 0 Å². The Bertz CT molecular complexity index is 2690. The van der Waals surface area contributed by atoms with Crippen LogP contribution in [0.5, 0.6) is 11.5 Å². The lowest BCUT2D eigenvalue weighted by Crippen LogP contribution is -2.34. The lowest BCUT2D eigenvalue weighted by Gasteiger charge is -2.41. The molecule has 0 unspecified atom stereocenters.